The Hall–Kier alpha value is -1.32. The van der Waals surface area contributed by atoms with Crippen LogP contribution in [0.15, 0.2) is 35.7 Å². The molecule has 0 fully saturated rings. The predicted octanol–water partition coefficient (Wildman–Crippen LogP) is 4.65. The van der Waals surface area contributed by atoms with Crippen molar-refractivity contribution in [3.05, 3.63) is 51.7 Å². The maximum atomic E-state index is 5.32. The zero-order valence-corrected chi connectivity index (χ0v) is 14.2. The Morgan fingerprint density at radius 3 is 2.67 bits per heavy atom. The molecule has 21 heavy (non-hydrogen) atoms. The summed E-state index contributed by atoms with van der Waals surface area (Å²) in [4.78, 5) is 1.30. The van der Waals surface area contributed by atoms with Gasteiger partial charge in [-0.2, -0.15) is 0 Å². The summed E-state index contributed by atoms with van der Waals surface area (Å²) in [5, 5.41) is 5.66. The fourth-order valence-corrected chi connectivity index (χ4v) is 3.51. The number of methoxy groups -OCH3 is 1. The lowest BCUT2D eigenvalue weighted by atomic mass is 9.97. The second kappa shape index (κ2) is 7.62. The minimum atomic E-state index is 0.246. The summed E-state index contributed by atoms with van der Waals surface area (Å²) in [6.07, 6.45) is 1.13. The van der Waals surface area contributed by atoms with Gasteiger partial charge < -0.3 is 10.1 Å². The van der Waals surface area contributed by atoms with Gasteiger partial charge in [0.2, 0.25) is 0 Å². The van der Waals surface area contributed by atoms with E-state index in [0.29, 0.717) is 5.92 Å². The Morgan fingerprint density at radius 1 is 1.24 bits per heavy atom. The summed E-state index contributed by atoms with van der Waals surface area (Å²) in [6, 6.07) is 11.3. The first-order valence-corrected chi connectivity index (χ1v) is 8.46. The van der Waals surface area contributed by atoms with Gasteiger partial charge in [-0.1, -0.05) is 45.0 Å². The van der Waals surface area contributed by atoms with Gasteiger partial charge in [0.15, 0.2) is 0 Å². The van der Waals surface area contributed by atoms with Crippen LogP contribution in [0.2, 0.25) is 0 Å². The van der Waals surface area contributed by atoms with Crippen molar-refractivity contribution >= 4 is 11.3 Å². The van der Waals surface area contributed by atoms with Crippen LogP contribution in [0.3, 0.4) is 0 Å². The second-order valence-electron chi connectivity index (χ2n) is 5.72. The van der Waals surface area contributed by atoms with Crippen molar-refractivity contribution in [3.63, 3.8) is 0 Å². The predicted molar refractivity (Wildman–Crippen MR) is 91.4 cm³/mol. The van der Waals surface area contributed by atoms with Crippen molar-refractivity contribution in [2.24, 2.45) is 5.92 Å². The van der Waals surface area contributed by atoms with Gasteiger partial charge in [0.25, 0.3) is 0 Å². The molecule has 2 aromatic rings. The molecule has 1 aromatic carbocycles. The summed E-state index contributed by atoms with van der Waals surface area (Å²) >= 11 is 1.75. The van der Waals surface area contributed by atoms with Crippen molar-refractivity contribution in [1.29, 1.82) is 0 Å². The molecule has 0 saturated carbocycles. The first-order valence-electron chi connectivity index (χ1n) is 7.58. The fraction of sp³-hybridized carbons (Fsp3) is 0.444. The summed E-state index contributed by atoms with van der Waals surface area (Å²) < 4.78 is 5.32. The molecule has 114 valence electrons. The molecule has 1 N–H and O–H groups in total. The van der Waals surface area contributed by atoms with Crippen LogP contribution in [0.1, 0.15) is 42.8 Å². The van der Waals surface area contributed by atoms with Crippen LogP contribution in [0, 0.1) is 5.92 Å². The van der Waals surface area contributed by atoms with Crippen LogP contribution in [-0.2, 0) is 6.42 Å². The minimum absolute atomic E-state index is 0.246. The lowest BCUT2D eigenvalue weighted by Crippen LogP contribution is -2.21. The van der Waals surface area contributed by atoms with E-state index in [0.717, 1.165) is 18.7 Å². The normalized spacial score (nSPS) is 12.6. The third-order valence-corrected chi connectivity index (χ3v) is 4.43. The molecule has 0 aliphatic carbocycles. The highest BCUT2D eigenvalue weighted by molar-refractivity contribution is 7.10. The monoisotopic (exact) mass is 303 g/mol. The Kier molecular flexibility index (Phi) is 5.83. The van der Waals surface area contributed by atoms with Crippen molar-refractivity contribution in [3.8, 4) is 5.75 Å². The van der Waals surface area contributed by atoms with Crippen LogP contribution >= 0.6 is 11.3 Å². The Morgan fingerprint density at radius 2 is 2.05 bits per heavy atom. The molecule has 2 rings (SSSR count). The number of thiophene rings is 1. The average molecular weight is 303 g/mol. The van der Waals surface area contributed by atoms with Crippen molar-refractivity contribution < 1.29 is 4.74 Å². The highest BCUT2D eigenvalue weighted by atomic mass is 32.1. The minimum Gasteiger partial charge on any atom is -0.496 e. The summed E-state index contributed by atoms with van der Waals surface area (Å²) in [6.45, 7) is 7.62. The number of ether oxygens (including phenoxy) is 1. The summed E-state index contributed by atoms with van der Waals surface area (Å²) in [5.41, 5.74) is 2.74. The van der Waals surface area contributed by atoms with Crippen molar-refractivity contribution in [2.45, 2.75) is 33.2 Å². The van der Waals surface area contributed by atoms with E-state index in [2.05, 4.69) is 61.8 Å². The van der Waals surface area contributed by atoms with Crippen LogP contribution < -0.4 is 10.1 Å². The van der Waals surface area contributed by atoms with Crippen molar-refractivity contribution in [1.82, 2.24) is 5.32 Å². The molecule has 1 unspecified atom stereocenters. The molecule has 0 amide bonds. The quantitative estimate of drug-likeness (QED) is 0.803. The van der Waals surface area contributed by atoms with Gasteiger partial charge in [-0.3, -0.25) is 0 Å². The van der Waals surface area contributed by atoms with E-state index >= 15 is 0 Å². The summed E-state index contributed by atoms with van der Waals surface area (Å²) in [7, 11) is 1.72. The van der Waals surface area contributed by atoms with Crippen LogP contribution in [-0.4, -0.2) is 13.7 Å². The molecule has 2 nitrogen and oxygen atoms in total. The van der Waals surface area contributed by atoms with Gasteiger partial charge in [0, 0.05) is 10.3 Å². The van der Waals surface area contributed by atoms with Gasteiger partial charge in [-0.25, -0.2) is 0 Å². The Bertz CT molecular complexity index is 562. The first-order chi connectivity index (χ1) is 10.1. The summed E-state index contributed by atoms with van der Waals surface area (Å²) in [5.74, 6) is 1.62. The van der Waals surface area contributed by atoms with E-state index in [4.69, 9.17) is 4.74 Å². The largest absolute Gasteiger partial charge is 0.496 e. The Labute approximate surface area is 132 Å². The smallest absolute Gasteiger partial charge is 0.129 e. The maximum absolute atomic E-state index is 5.32. The molecule has 1 heterocycles. The van der Waals surface area contributed by atoms with E-state index in [1.807, 2.05) is 0 Å². The molecule has 0 bridgehead atoms. The zero-order valence-electron chi connectivity index (χ0n) is 13.3. The number of hydrogen-bond donors (Lipinski definition) is 1. The SMILES string of the molecule is CCNC(c1cccc(CC(C)C)c1)c1cc(OC)cs1. The molecule has 3 heteroatoms. The first kappa shape index (κ1) is 16.1. The molecule has 0 spiro atoms. The molecule has 0 aliphatic heterocycles. The van der Waals surface area contributed by atoms with Gasteiger partial charge >= 0.3 is 0 Å². The van der Waals surface area contributed by atoms with Crippen LogP contribution in [0.25, 0.3) is 0 Å². The van der Waals surface area contributed by atoms with Gasteiger partial charge in [-0.05, 0) is 36.1 Å². The van der Waals surface area contributed by atoms with Gasteiger partial charge in [0.1, 0.15) is 5.75 Å². The number of benzene rings is 1. The van der Waals surface area contributed by atoms with E-state index in [9.17, 15) is 0 Å². The number of nitrogens with one attached hydrogen (secondary N) is 1. The van der Waals surface area contributed by atoms with Gasteiger partial charge in [0.05, 0.1) is 13.2 Å². The number of rotatable bonds is 7. The molecule has 1 atom stereocenters. The van der Waals surface area contributed by atoms with Crippen molar-refractivity contribution in [2.75, 3.05) is 13.7 Å². The Balaban J connectivity index is 2.29. The van der Waals surface area contributed by atoms with E-state index in [-0.39, 0.29) is 6.04 Å². The lowest BCUT2D eigenvalue weighted by Gasteiger charge is -2.18. The van der Waals surface area contributed by atoms with Crippen LogP contribution in [0.4, 0.5) is 0 Å². The van der Waals surface area contributed by atoms with E-state index < -0.39 is 0 Å². The highest BCUT2D eigenvalue weighted by Crippen LogP contribution is 2.31. The van der Waals surface area contributed by atoms with Gasteiger partial charge in [-0.15, -0.1) is 11.3 Å². The zero-order chi connectivity index (χ0) is 15.2. The molecule has 0 radical (unpaired) electrons. The van der Waals surface area contributed by atoms with Crippen LogP contribution in [0.5, 0.6) is 5.75 Å². The average Bonchev–Trinajstić information content (AvgIpc) is 2.93. The molecule has 0 saturated heterocycles. The maximum Gasteiger partial charge on any atom is 0.129 e. The standard InChI is InChI=1S/C18H25NOS/c1-5-19-18(17-11-16(20-4)12-21-17)15-8-6-7-14(10-15)9-13(2)3/h6-8,10-13,18-19H,5,9H2,1-4H3. The molecular weight excluding hydrogens is 278 g/mol. The lowest BCUT2D eigenvalue weighted by molar-refractivity contribution is 0.416. The van der Waals surface area contributed by atoms with E-state index in [1.165, 1.54) is 16.0 Å². The third kappa shape index (κ3) is 4.32. The third-order valence-electron chi connectivity index (χ3n) is 3.45. The molecular formula is C18H25NOS. The molecule has 0 aliphatic rings. The fourth-order valence-electron chi connectivity index (χ4n) is 2.55. The highest BCUT2D eigenvalue weighted by Gasteiger charge is 2.16. The molecule has 1 aromatic heterocycles. The number of hydrogen-bond acceptors (Lipinski definition) is 3. The topological polar surface area (TPSA) is 21.3 Å². The van der Waals surface area contributed by atoms with E-state index in [1.54, 1.807) is 18.4 Å². The second-order valence-corrected chi connectivity index (χ2v) is 6.67.